The average Bonchev–Trinajstić information content (AvgIpc) is 2.29. The molecule has 0 saturated carbocycles. The number of benzene rings is 1. The summed E-state index contributed by atoms with van der Waals surface area (Å²) in [6, 6.07) is 6.61. The molecule has 1 atom stereocenters. The Balaban J connectivity index is 2.45. The topological polar surface area (TPSA) is 12.0 Å². The van der Waals surface area contributed by atoms with Gasteiger partial charge in [0.2, 0.25) is 0 Å². The van der Waals surface area contributed by atoms with Crippen LogP contribution >= 0.6 is 15.9 Å². The molecule has 1 N–H and O–H groups in total. The smallest absolute Gasteiger partial charge is 0.0210 e. The quantitative estimate of drug-likeness (QED) is 0.868. The van der Waals surface area contributed by atoms with Crippen LogP contribution in [0.2, 0.25) is 0 Å². The molecular formula is C14H20BrN. The lowest BCUT2D eigenvalue weighted by atomic mass is 9.73. The molecule has 0 aliphatic heterocycles. The van der Waals surface area contributed by atoms with Crippen LogP contribution in [0.15, 0.2) is 22.7 Å². The molecule has 1 aliphatic rings. The van der Waals surface area contributed by atoms with Gasteiger partial charge in [0, 0.05) is 15.9 Å². The summed E-state index contributed by atoms with van der Waals surface area (Å²) >= 11 is 3.68. The van der Waals surface area contributed by atoms with Crippen LogP contribution < -0.4 is 5.32 Å². The van der Waals surface area contributed by atoms with Crippen LogP contribution in [0, 0.1) is 0 Å². The molecule has 2 heteroatoms. The second kappa shape index (κ2) is 4.50. The molecule has 2 rings (SSSR count). The van der Waals surface area contributed by atoms with Crippen LogP contribution in [-0.2, 0) is 6.42 Å². The molecule has 0 fully saturated rings. The van der Waals surface area contributed by atoms with Crippen LogP contribution in [0.5, 0.6) is 0 Å². The summed E-state index contributed by atoms with van der Waals surface area (Å²) < 4.78 is 1.28. The largest absolute Gasteiger partial charge is 0.314 e. The molecule has 1 aromatic carbocycles. The van der Waals surface area contributed by atoms with Gasteiger partial charge in [0.05, 0.1) is 0 Å². The van der Waals surface area contributed by atoms with E-state index in [9.17, 15) is 0 Å². The highest BCUT2D eigenvalue weighted by Gasteiger charge is 2.33. The number of nitrogens with one attached hydrogen (secondary N) is 1. The molecule has 1 aliphatic carbocycles. The van der Waals surface area contributed by atoms with Gasteiger partial charge in [-0.1, -0.05) is 28.1 Å². The Labute approximate surface area is 107 Å². The Hall–Kier alpha value is -0.340. The molecule has 88 valence electrons. The van der Waals surface area contributed by atoms with E-state index in [1.165, 1.54) is 34.9 Å². The van der Waals surface area contributed by atoms with Crippen molar-refractivity contribution in [2.24, 2.45) is 0 Å². The molecule has 1 aromatic rings. The Kier molecular flexibility index (Phi) is 3.41. The lowest BCUT2D eigenvalue weighted by molar-refractivity contribution is 0.312. The third-order valence-electron chi connectivity index (χ3n) is 3.97. The van der Waals surface area contributed by atoms with Crippen LogP contribution in [0.25, 0.3) is 0 Å². The van der Waals surface area contributed by atoms with Crippen molar-refractivity contribution in [1.82, 2.24) is 5.32 Å². The van der Waals surface area contributed by atoms with E-state index >= 15 is 0 Å². The van der Waals surface area contributed by atoms with Crippen LogP contribution in [0.4, 0.5) is 0 Å². The van der Waals surface area contributed by atoms with Crippen molar-refractivity contribution in [1.29, 1.82) is 0 Å². The van der Waals surface area contributed by atoms with Crippen molar-refractivity contribution in [3.05, 3.63) is 33.8 Å². The molecule has 0 bridgehead atoms. The predicted octanol–water partition coefficient (Wildman–Crippen LogP) is 3.87. The number of fused-ring (bicyclic) bond motifs is 1. The van der Waals surface area contributed by atoms with E-state index in [2.05, 4.69) is 60.3 Å². The van der Waals surface area contributed by atoms with Gasteiger partial charge in [-0.3, -0.25) is 0 Å². The first kappa shape index (κ1) is 12.1. The zero-order valence-corrected chi connectivity index (χ0v) is 11.9. The van der Waals surface area contributed by atoms with E-state index in [1.807, 2.05) is 0 Å². The molecule has 0 radical (unpaired) electrons. The summed E-state index contributed by atoms with van der Waals surface area (Å²) in [4.78, 5) is 0. The van der Waals surface area contributed by atoms with Crippen LogP contribution in [-0.4, -0.2) is 12.6 Å². The first-order valence-electron chi connectivity index (χ1n) is 6.02. The zero-order valence-electron chi connectivity index (χ0n) is 10.3. The zero-order chi connectivity index (χ0) is 11.8. The van der Waals surface area contributed by atoms with Crippen LogP contribution in [0.3, 0.4) is 0 Å². The summed E-state index contributed by atoms with van der Waals surface area (Å²) in [7, 11) is 2.06. The fraction of sp³-hybridized carbons (Fsp3) is 0.571. The summed E-state index contributed by atoms with van der Waals surface area (Å²) in [6.07, 6.45) is 3.80. The first-order valence-corrected chi connectivity index (χ1v) is 6.82. The Morgan fingerprint density at radius 3 is 2.81 bits per heavy atom. The summed E-state index contributed by atoms with van der Waals surface area (Å²) in [6.45, 7) is 4.60. The highest BCUT2D eigenvalue weighted by atomic mass is 79.9. The summed E-state index contributed by atoms with van der Waals surface area (Å²) in [5.41, 5.74) is 3.22. The molecule has 0 aromatic heterocycles. The van der Waals surface area contributed by atoms with Gasteiger partial charge in [0.25, 0.3) is 0 Å². The minimum Gasteiger partial charge on any atom is -0.314 e. The van der Waals surface area contributed by atoms with Gasteiger partial charge in [-0.05, 0) is 57.4 Å². The second-order valence-corrected chi connectivity index (χ2v) is 6.08. The van der Waals surface area contributed by atoms with E-state index in [0.717, 1.165) is 0 Å². The lowest BCUT2D eigenvalue weighted by Gasteiger charge is -2.38. The molecule has 16 heavy (non-hydrogen) atoms. The normalized spacial score (nSPS) is 20.6. The number of halogens is 1. The lowest BCUT2D eigenvalue weighted by Crippen LogP contribution is -2.43. The average molecular weight is 282 g/mol. The van der Waals surface area contributed by atoms with Crippen molar-refractivity contribution < 1.29 is 0 Å². The third kappa shape index (κ3) is 2.05. The molecule has 1 unspecified atom stereocenters. The SMILES string of the molecule is CNC(C)(C)C1CCCc2c(Br)cccc21. The predicted molar refractivity (Wildman–Crippen MR) is 73.0 cm³/mol. The second-order valence-electron chi connectivity index (χ2n) is 5.22. The first-order chi connectivity index (χ1) is 7.56. The van der Waals surface area contributed by atoms with E-state index in [0.29, 0.717) is 5.92 Å². The van der Waals surface area contributed by atoms with E-state index in [4.69, 9.17) is 0 Å². The van der Waals surface area contributed by atoms with E-state index in [1.54, 1.807) is 0 Å². The highest BCUT2D eigenvalue weighted by molar-refractivity contribution is 9.10. The molecule has 0 amide bonds. The van der Waals surface area contributed by atoms with Crippen molar-refractivity contribution in [2.45, 2.75) is 44.6 Å². The monoisotopic (exact) mass is 281 g/mol. The minimum absolute atomic E-state index is 0.177. The van der Waals surface area contributed by atoms with Gasteiger partial charge < -0.3 is 5.32 Å². The molecule has 0 heterocycles. The maximum absolute atomic E-state index is 3.68. The fourth-order valence-electron chi connectivity index (χ4n) is 2.73. The van der Waals surface area contributed by atoms with Gasteiger partial charge in [0.1, 0.15) is 0 Å². The third-order valence-corrected chi connectivity index (χ3v) is 4.71. The van der Waals surface area contributed by atoms with Crippen LogP contribution in [0.1, 0.15) is 43.7 Å². The molecule has 0 spiro atoms. The molecular weight excluding hydrogens is 262 g/mol. The Morgan fingerprint density at radius 1 is 1.38 bits per heavy atom. The minimum atomic E-state index is 0.177. The van der Waals surface area contributed by atoms with Crippen molar-refractivity contribution in [3.8, 4) is 0 Å². The van der Waals surface area contributed by atoms with Crippen molar-refractivity contribution >= 4 is 15.9 Å². The molecule has 1 nitrogen and oxygen atoms in total. The molecule has 0 saturated heterocycles. The highest BCUT2D eigenvalue weighted by Crippen LogP contribution is 2.40. The maximum Gasteiger partial charge on any atom is 0.0210 e. The van der Waals surface area contributed by atoms with E-state index in [-0.39, 0.29) is 5.54 Å². The van der Waals surface area contributed by atoms with Crippen molar-refractivity contribution in [3.63, 3.8) is 0 Å². The number of likely N-dealkylation sites (N-methyl/N-ethyl adjacent to an activating group) is 1. The summed E-state index contributed by atoms with van der Waals surface area (Å²) in [5.74, 6) is 0.624. The van der Waals surface area contributed by atoms with Gasteiger partial charge in [-0.25, -0.2) is 0 Å². The Morgan fingerprint density at radius 2 is 2.12 bits per heavy atom. The number of rotatable bonds is 2. The van der Waals surface area contributed by atoms with Crippen molar-refractivity contribution in [2.75, 3.05) is 7.05 Å². The van der Waals surface area contributed by atoms with Gasteiger partial charge in [-0.15, -0.1) is 0 Å². The van der Waals surface area contributed by atoms with E-state index < -0.39 is 0 Å². The maximum atomic E-state index is 3.68. The summed E-state index contributed by atoms with van der Waals surface area (Å²) in [5, 5.41) is 3.46. The van der Waals surface area contributed by atoms with Gasteiger partial charge in [0.15, 0.2) is 0 Å². The Bertz CT molecular complexity index is 384. The standard InChI is InChI=1S/C14H20BrN/c1-14(2,16-3)12-8-4-7-11-10(12)6-5-9-13(11)15/h5-6,9,12,16H,4,7-8H2,1-3H3. The van der Waals surface area contributed by atoms with Gasteiger partial charge >= 0.3 is 0 Å². The number of hydrogen-bond acceptors (Lipinski definition) is 1. The fourth-order valence-corrected chi connectivity index (χ4v) is 3.31. The van der Waals surface area contributed by atoms with Gasteiger partial charge in [-0.2, -0.15) is 0 Å². The number of hydrogen-bond donors (Lipinski definition) is 1.